The molecule has 0 bridgehead atoms. The number of unbranched alkanes of at least 4 members (excludes halogenated alkanes) is 21. The average Bonchev–Trinajstić information content (AvgIpc) is 2.82. The molecule has 3 heteroatoms. The zero-order chi connectivity index (χ0) is 24.1. The Morgan fingerprint density at radius 3 is 1.27 bits per heavy atom. The van der Waals surface area contributed by atoms with E-state index in [0.717, 1.165) is 12.2 Å². The van der Waals surface area contributed by atoms with Crippen LogP contribution >= 0.6 is 11.8 Å². The second kappa shape index (κ2) is 29.9. The highest BCUT2D eigenvalue weighted by atomic mass is 32.2. The summed E-state index contributed by atoms with van der Waals surface area (Å²) in [5.74, 6) is 2.13. The Kier molecular flexibility index (Phi) is 29.7. The van der Waals surface area contributed by atoms with Crippen LogP contribution in [0, 0.1) is 0 Å². The molecule has 0 aromatic rings. The lowest BCUT2D eigenvalue weighted by Gasteiger charge is -2.06. The molecule has 0 saturated heterocycles. The molecule has 0 saturated carbocycles. The van der Waals surface area contributed by atoms with Crippen molar-refractivity contribution in [3.63, 3.8) is 0 Å². The normalized spacial score (nSPS) is 11.2. The first-order valence-electron chi connectivity index (χ1n) is 15.0. The van der Waals surface area contributed by atoms with Crippen LogP contribution in [0.15, 0.2) is 0 Å². The Hall–Kier alpha value is -0.180. The Labute approximate surface area is 213 Å². The number of hydrogen-bond donors (Lipinski definition) is 0. The molecule has 0 spiro atoms. The van der Waals surface area contributed by atoms with Crippen molar-refractivity contribution in [1.29, 1.82) is 0 Å². The highest BCUT2D eigenvalue weighted by Crippen LogP contribution is 2.14. The van der Waals surface area contributed by atoms with Crippen LogP contribution in [0.4, 0.5) is 0 Å². The summed E-state index contributed by atoms with van der Waals surface area (Å²) < 4.78 is 5.39. The predicted molar refractivity (Wildman–Crippen MR) is 150 cm³/mol. The van der Waals surface area contributed by atoms with Gasteiger partial charge in [0.1, 0.15) is 0 Å². The minimum absolute atomic E-state index is 0.00396. The van der Waals surface area contributed by atoms with Gasteiger partial charge < -0.3 is 4.74 Å². The van der Waals surface area contributed by atoms with Gasteiger partial charge in [-0.1, -0.05) is 149 Å². The molecule has 0 amide bonds. The lowest BCUT2D eigenvalue weighted by molar-refractivity contribution is -0.143. The zero-order valence-corrected chi connectivity index (χ0v) is 23.6. The lowest BCUT2D eigenvalue weighted by atomic mass is 10.1. The third-order valence-electron chi connectivity index (χ3n) is 6.60. The van der Waals surface area contributed by atoms with E-state index in [-0.39, 0.29) is 5.97 Å². The Bertz CT molecular complexity index is 372. The van der Waals surface area contributed by atoms with Gasteiger partial charge in [0.15, 0.2) is 0 Å². The maximum atomic E-state index is 11.8. The number of thioether (sulfide) groups is 1. The molecular formula is C30H60O2S. The molecule has 0 N–H and O–H groups in total. The highest BCUT2D eigenvalue weighted by Gasteiger charge is 2.03. The van der Waals surface area contributed by atoms with E-state index in [1.54, 1.807) is 0 Å². The van der Waals surface area contributed by atoms with E-state index in [4.69, 9.17) is 4.74 Å². The standard InChI is InChI=1S/C30H60O2S/c1-3-5-7-9-11-13-15-17-19-21-23-25-28-33-29-26-30(31)32-27-24-22-20-18-16-14-12-10-8-6-4-2/h3-29H2,1-2H3. The van der Waals surface area contributed by atoms with Gasteiger partial charge in [-0.3, -0.25) is 4.79 Å². The van der Waals surface area contributed by atoms with E-state index in [9.17, 15) is 4.79 Å². The Balaban J connectivity index is 3.13. The van der Waals surface area contributed by atoms with Crippen LogP contribution in [0.3, 0.4) is 0 Å². The highest BCUT2D eigenvalue weighted by molar-refractivity contribution is 7.99. The number of carbonyl (C=O) groups is 1. The molecule has 33 heavy (non-hydrogen) atoms. The van der Waals surface area contributed by atoms with E-state index < -0.39 is 0 Å². The van der Waals surface area contributed by atoms with Gasteiger partial charge in [-0.05, 0) is 18.6 Å². The van der Waals surface area contributed by atoms with Crippen molar-refractivity contribution < 1.29 is 9.53 Å². The molecule has 0 aromatic heterocycles. The van der Waals surface area contributed by atoms with Gasteiger partial charge in [-0.2, -0.15) is 11.8 Å². The van der Waals surface area contributed by atoms with Crippen molar-refractivity contribution in [1.82, 2.24) is 0 Å². The van der Waals surface area contributed by atoms with E-state index in [0.29, 0.717) is 13.0 Å². The molecule has 0 radical (unpaired) electrons. The van der Waals surface area contributed by atoms with Crippen LogP contribution in [0.2, 0.25) is 0 Å². The van der Waals surface area contributed by atoms with E-state index in [2.05, 4.69) is 13.8 Å². The molecule has 0 fully saturated rings. The first kappa shape index (κ1) is 32.8. The van der Waals surface area contributed by atoms with Crippen molar-refractivity contribution in [2.45, 2.75) is 168 Å². The number of rotatable bonds is 28. The molecule has 0 heterocycles. The van der Waals surface area contributed by atoms with Gasteiger partial charge >= 0.3 is 5.97 Å². The summed E-state index contributed by atoms with van der Waals surface area (Å²) >= 11 is 1.92. The van der Waals surface area contributed by atoms with Gasteiger partial charge in [0.25, 0.3) is 0 Å². The molecule has 0 aliphatic rings. The quantitative estimate of drug-likeness (QED) is 0.0815. The fourth-order valence-electron chi connectivity index (χ4n) is 4.33. The summed E-state index contributed by atoms with van der Waals surface area (Å²) in [4.78, 5) is 11.8. The van der Waals surface area contributed by atoms with Gasteiger partial charge in [0, 0.05) is 5.75 Å². The molecule has 0 atom stereocenters. The predicted octanol–water partition coefficient (Wildman–Crippen LogP) is 10.7. The van der Waals surface area contributed by atoms with Gasteiger partial charge in [-0.15, -0.1) is 0 Å². The van der Waals surface area contributed by atoms with Gasteiger partial charge in [-0.25, -0.2) is 0 Å². The molecular weight excluding hydrogens is 424 g/mol. The summed E-state index contributed by atoms with van der Waals surface area (Å²) in [7, 11) is 0. The Morgan fingerprint density at radius 2 is 0.848 bits per heavy atom. The third-order valence-corrected chi connectivity index (χ3v) is 7.67. The number of ether oxygens (including phenoxy) is 1. The third kappa shape index (κ3) is 29.8. The smallest absolute Gasteiger partial charge is 0.306 e. The van der Waals surface area contributed by atoms with Crippen molar-refractivity contribution >= 4 is 17.7 Å². The molecule has 198 valence electrons. The largest absolute Gasteiger partial charge is 0.466 e. The molecule has 0 aliphatic heterocycles. The molecule has 2 nitrogen and oxygen atoms in total. The first-order valence-corrected chi connectivity index (χ1v) is 16.2. The number of hydrogen-bond acceptors (Lipinski definition) is 3. The molecule has 0 aromatic carbocycles. The SMILES string of the molecule is CCCCCCCCCCCCCCSCCC(=O)OCCCCCCCCCCCCC. The van der Waals surface area contributed by atoms with Crippen LogP contribution in [0.25, 0.3) is 0 Å². The molecule has 0 aliphatic carbocycles. The van der Waals surface area contributed by atoms with Crippen LogP contribution in [0.1, 0.15) is 168 Å². The van der Waals surface area contributed by atoms with Crippen LogP contribution in [-0.4, -0.2) is 24.1 Å². The number of carbonyl (C=O) groups excluding carboxylic acids is 1. The van der Waals surface area contributed by atoms with Crippen molar-refractivity contribution in [2.24, 2.45) is 0 Å². The summed E-state index contributed by atoms with van der Waals surface area (Å²) in [6.45, 7) is 5.18. The summed E-state index contributed by atoms with van der Waals surface area (Å²) in [5, 5.41) is 0. The first-order chi connectivity index (χ1) is 16.3. The summed E-state index contributed by atoms with van der Waals surface area (Å²) in [5.41, 5.74) is 0. The maximum Gasteiger partial charge on any atom is 0.306 e. The van der Waals surface area contributed by atoms with Crippen LogP contribution in [-0.2, 0) is 9.53 Å². The molecule has 0 rings (SSSR count). The zero-order valence-electron chi connectivity index (χ0n) is 22.8. The second-order valence-electron chi connectivity index (χ2n) is 10.0. The molecule has 0 unspecified atom stereocenters. The van der Waals surface area contributed by atoms with Crippen LogP contribution < -0.4 is 0 Å². The minimum Gasteiger partial charge on any atom is -0.466 e. The van der Waals surface area contributed by atoms with Gasteiger partial charge in [0.05, 0.1) is 13.0 Å². The van der Waals surface area contributed by atoms with E-state index in [1.165, 1.54) is 147 Å². The summed E-state index contributed by atoms with van der Waals surface area (Å²) in [6.07, 6.45) is 32.1. The second-order valence-corrected chi connectivity index (χ2v) is 11.2. The monoisotopic (exact) mass is 484 g/mol. The fourth-order valence-corrected chi connectivity index (χ4v) is 5.25. The van der Waals surface area contributed by atoms with Gasteiger partial charge in [0.2, 0.25) is 0 Å². The average molecular weight is 485 g/mol. The minimum atomic E-state index is 0.00396. The van der Waals surface area contributed by atoms with Crippen LogP contribution in [0.5, 0.6) is 0 Å². The van der Waals surface area contributed by atoms with Crippen molar-refractivity contribution in [3.8, 4) is 0 Å². The lowest BCUT2D eigenvalue weighted by Crippen LogP contribution is -2.07. The van der Waals surface area contributed by atoms with Crippen molar-refractivity contribution in [2.75, 3.05) is 18.1 Å². The fraction of sp³-hybridized carbons (Fsp3) is 0.967. The van der Waals surface area contributed by atoms with E-state index in [1.807, 2.05) is 11.8 Å². The number of esters is 1. The Morgan fingerprint density at radius 1 is 0.485 bits per heavy atom. The van der Waals surface area contributed by atoms with E-state index >= 15 is 0 Å². The summed E-state index contributed by atoms with van der Waals surface area (Å²) in [6, 6.07) is 0. The topological polar surface area (TPSA) is 26.3 Å². The maximum absolute atomic E-state index is 11.8. The van der Waals surface area contributed by atoms with Crippen molar-refractivity contribution in [3.05, 3.63) is 0 Å².